The predicted molar refractivity (Wildman–Crippen MR) is 75.8 cm³/mol. The summed E-state index contributed by atoms with van der Waals surface area (Å²) >= 11 is 0. The first-order valence-corrected chi connectivity index (χ1v) is 6.95. The Balaban J connectivity index is 2.09. The maximum Gasteiger partial charge on any atom is 0.0904 e. The van der Waals surface area contributed by atoms with Crippen molar-refractivity contribution in [3.05, 3.63) is 24.3 Å². The van der Waals surface area contributed by atoms with Gasteiger partial charge in [0.05, 0.1) is 18.0 Å². The summed E-state index contributed by atoms with van der Waals surface area (Å²) in [4.78, 5) is 5.04. The molecule has 0 aromatic heterocycles. The molecular weight excluding hydrogens is 208 g/mol. The van der Waals surface area contributed by atoms with Gasteiger partial charge in [0, 0.05) is 13.1 Å². The average Bonchev–Trinajstić information content (AvgIpc) is 2.72. The van der Waals surface area contributed by atoms with Gasteiger partial charge in [-0.25, -0.2) is 0 Å². The molecule has 1 heterocycles. The highest BCUT2D eigenvalue weighted by molar-refractivity contribution is 5.76. The highest BCUT2D eigenvalue weighted by Gasteiger charge is 2.23. The molecule has 0 saturated carbocycles. The Hall–Kier alpha value is -1.18. The molecule has 0 radical (unpaired) electrons. The van der Waals surface area contributed by atoms with E-state index < -0.39 is 0 Å². The van der Waals surface area contributed by atoms with Crippen LogP contribution < -0.4 is 9.80 Å². The molecule has 2 rings (SSSR count). The van der Waals surface area contributed by atoms with Crippen molar-refractivity contribution in [2.24, 2.45) is 0 Å². The van der Waals surface area contributed by atoms with Gasteiger partial charge in [-0.2, -0.15) is 0 Å². The van der Waals surface area contributed by atoms with E-state index in [2.05, 4.69) is 47.9 Å². The number of hydrogen-bond donors (Lipinski definition) is 0. The highest BCUT2D eigenvalue weighted by atomic mass is 15.4. The maximum absolute atomic E-state index is 2.52. The van der Waals surface area contributed by atoms with Gasteiger partial charge in [-0.1, -0.05) is 38.8 Å². The van der Waals surface area contributed by atoms with Gasteiger partial charge >= 0.3 is 0 Å². The first kappa shape index (κ1) is 12.3. The van der Waals surface area contributed by atoms with Crippen LogP contribution in [0.4, 0.5) is 11.4 Å². The summed E-state index contributed by atoms with van der Waals surface area (Å²) in [6, 6.07) is 8.83. The summed E-state index contributed by atoms with van der Waals surface area (Å²) in [6.07, 6.45) is 5.12. The molecule has 0 spiro atoms. The maximum atomic E-state index is 2.52. The minimum atomic E-state index is 1.08. The van der Waals surface area contributed by atoms with Gasteiger partial charge in [-0.3, -0.25) is 0 Å². The monoisotopic (exact) mass is 232 g/mol. The van der Waals surface area contributed by atoms with E-state index in [9.17, 15) is 0 Å². The van der Waals surface area contributed by atoms with Crippen LogP contribution in [0.25, 0.3) is 0 Å². The zero-order valence-electron chi connectivity index (χ0n) is 11.2. The van der Waals surface area contributed by atoms with E-state index in [1.165, 1.54) is 50.1 Å². The number of benzene rings is 1. The third-order valence-corrected chi connectivity index (χ3v) is 3.47. The normalized spacial score (nSPS) is 14.2. The quantitative estimate of drug-likeness (QED) is 0.734. The summed E-state index contributed by atoms with van der Waals surface area (Å²) in [7, 11) is 0. The molecule has 1 aliphatic rings. The van der Waals surface area contributed by atoms with Gasteiger partial charge in [0.25, 0.3) is 0 Å². The Labute approximate surface area is 105 Å². The van der Waals surface area contributed by atoms with Crippen LogP contribution in [-0.4, -0.2) is 19.8 Å². The molecule has 0 fully saturated rings. The third kappa shape index (κ3) is 2.74. The van der Waals surface area contributed by atoms with Crippen molar-refractivity contribution in [1.29, 1.82) is 0 Å². The molecule has 2 heteroatoms. The van der Waals surface area contributed by atoms with Gasteiger partial charge in [-0.05, 0) is 25.0 Å². The molecule has 17 heavy (non-hydrogen) atoms. The van der Waals surface area contributed by atoms with Gasteiger partial charge < -0.3 is 9.80 Å². The van der Waals surface area contributed by atoms with Crippen molar-refractivity contribution < 1.29 is 0 Å². The van der Waals surface area contributed by atoms with Crippen LogP contribution in [0, 0.1) is 0 Å². The van der Waals surface area contributed by atoms with Crippen LogP contribution in [0.5, 0.6) is 0 Å². The second-order valence-corrected chi connectivity index (χ2v) is 4.86. The van der Waals surface area contributed by atoms with Crippen LogP contribution >= 0.6 is 0 Å². The van der Waals surface area contributed by atoms with Crippen LogP contribution in [0.3, 0.4) is 0 Å². The van der Waals surface area contributed by atoms with Crippen LogP contribution in [0.2, 0.25) is 0 Å². The number of para-hydroxylation sites is 2. The molecule has 0 amide bonds. The summed E-state index contributed by atoms with van der Waals surface area (Å²) in [6.45, 7) is 7.99. The van der Waals surface area contributed by atoms with E-state index in [4.69, 9.17) is 0 Å². The minimum Gasteiger partial charge on any atom is -0.352 e. The largest absolute Gasteiger partial charge is 0.352 e. The van der Waals surface area contributed by atoms with E-state index >= 15 is 0 Å². The molecule has 0 unspecified atom stereocenters. The van der Waals surface area contributed by atoms with Crippen LogP contribution in [0.1, 0.15) is 39.5 Å². The van der Waals surface area contributed by atoms with Crippen molar-refractivity contribution in [2.75, 3.05) is 29.6 Å². The lowest BCUT2D eigenvalue weighted by molar-refractivity contribution is 0.686. The Kier molecular flexibility index (Phi) is 4.29. The van der Waals surface area contributed by atoms with Crippen molar-refractivity contribution >= 4 is 11.4 Å². The molecule has 0 bridgehead atoms. The van der Waals surface area contributed by atoms with Crippen molar-refractivity contribution in [3.8, 4) is 0 Å². The summed E-state index contributed by atoms with van der Waals surface area (Å²) in [5, 5.41) is 0. The van der Waals surface area contributed by atoms with E-state index in [0.29, 0.717) is 0 Å². The van der Waals surface area contributed by atoms with E-state index in [1.807, 2.05) is 0 Å². The predicted octanol–water partition coefficient (Wildman–Crippen LogP) is 3.87. The average molecular weight is 232 g/mol. The summed E-state index contributed by atoms with van der Waals surface area (Å²) in [5.74, 6) is 0. The topological polar surface area (TPSA) is 6.48 Å². The fraction of sp³-hybridized carbons (Fsp3) is 0.600. The van der Waals surface area contributed by atoms with E-state index in [0.717, 1.165) is 6.67 Å². The second kappa shape index (κ2) is 5.95. The molecule has 1 aromatic carbocycles. The molecule has 1 aromatic rings. The molecule has 1 aliphatic heterocycles. The number of rotatable bonds is 6. The zero-order valence-corrected chi connectivity index (χ0v) is 11.2. The smallest absolute Gasteiger partial charge is 0.0904 e. The molecule has 0 N–H and O–H groups in total. The fourth-order valence-corrected chi connectivity index (χ4v) is 2.44. The van der Waals surface area contributed by atoms with Crippen molar-refractivity contribution in [3.63, 3.8) is 0 Å². The SMILES string of the molecule is CCCCN1CN(CCCC)c2ccccc21. The summed E-state index contributed by atoms with van der Waals surface area (Å²) < 4.78 is 0. The number of hydrogen-bond acceptors (Lipinski definition) is 2. The first-order valence-electron chi connectivity index (χ1n) is 6.95. The number of unbranched alkanes of at least 4 members (excludes halogenated alkanes) is 2. The van der Waals surface area contributed by atoms with Crippen LogP contribution in [0.15, 0.2) is 24.3 Å². The minimum absolute atomic E-state index is 1.08. The van der Waals surface area contributed by atoms with Crippen LogP contribution in [-0.2, 0) is 0 Å². The lowest BCUT2D eigenvalue weighted by Crippen LogP contribution is -2.32. The Morgan fingerprint density at radius 2 is 1.35 bits per heavy atom. The van der Waals surface area contributed by atoms with Crippen molar-refractivity contribution in [1.82, 2.24) is 0 Å². The molecule has 0 atom stereocenters. The fourth-order valence-electron chi connectivity index (χ4n) is 2.44. The lowest BCUT2D eigenvalue weighted by atomic mass is 10.2. The first-order chi connectivity index (χ1) is 8.36. The Morgan fingerprint density at radius 1 is 0.882 bits per heavy atom. The van der Waals surface area contributed by atoms with E-state index in [1.54, 1.807) is 0 Å². The third-order valence-electron chi connectivity index (χ3n) is 3.47. The highest BCUT2D eigenvalue weighted by Crippen LogP contribution is 2.35. The molecular formula is C15H24N2. The van der Waals surface area contributed by atoms with Gasteiger partial charge in [0.1, 0.15) is 0 Å². The molecule has 94 valence electrons. The Bertz CT molecular complexity index is 316. The molecule has 2 nitrogen and oxygen atoms in total. The molecule has 0 saturated heterocycles. The Morgan fingerprint density at radius 3 is 1.76 bits per heavy atom. The standard InChI is InChI=1S/C15H24N2/c1-3-5-11-16-13-17(12-6-4-2)15-10-8-7-9-14(15)16/h7-10H,3-6,11-13H2,1-2H3. The second-order valence-electron chi connectivity index (χ2n) is 4.86. The summed E-state index contributed by atoms with van der Waals surface area (Å²) in [5.41, 5.74) is 2.86. The van der Waals surface area contributed by atoms with Gasteiger partial charge in [0.2, 0.25) is 0 Å². The number of anilines is 2. The van der Waals surface area contributed by atoms with Gasteiger partial charge in [-0.15, -0.1) is 0 Å². The van der Waals surface area contributed by atoms with Crippen molar-refractivity contribution in [2.45, 2.75) is 39.5 Å². The van der Waals surface area contributed by atoms with Gasteiger partial charge in [0.15, 0.2) is 0 Å². The number of fused-ring (bicyclic) bond motifs is 1. The number of nitrogens with zero attached hydrogens (tertiary/aromatic N) is 2. The molecule has 0 aliphatic carbocycles. The lowest BCUT2D eigenvalue weighted by Gasteiger charge is -2.21. The van der Waals surface area contributed by atoms with E-state index in [-0.39, 0.29) is 0 Å². The zero-order chi connectivity index (χ0) is 12.1.